The van der Waals surface area contributed by atoms with Gasteiger partial charge in [0, 0.05) is 0 Å². The molecule has 0 nitrogen and oxygen atoms in total. The minimum absolute atomic E-state index is 0.415. The van der Waals surface area contributed by atoms with Gasteiger partial charge in [0.15, 0.2) is 0 Å². The summed E-state index contributed by atoms with van der Waals surface area (Å²) in [6.45, 7) is 0. The Hall–Kier alpha value is 0.330. The van der Waals surface area contributed by atoms with Gasteiger partial charge in [-0.15, -0.1) is 0 Å². The molecule has 0 amide bonds. The average Bonchev–Trinajstić information content (AvgIpc) is 2.06. The van der Waals surface area contributed by atoms with E-state index in [0.29, 0.717) is 0 Å². The van der Waals surface area contributed by atoms with Gasteiger partial charge in [0.2, 0.25) is 0 Å². The van der Waals surface area contributed by atoms with E-state index >= 15 is 0 Å². The van der Waals surface area contributed by atoms with E-state index in [9.17, 15) is 0 Å². The van der Waals surface area contributed by atoms with Crippen molar-refractivity contribution < 1.29 is 0 Å². The summed E-state index contributed by atoms with van der Waals surface area (Å²) in [5.74, 6) is 0. The first-order valence-electron chi connectivity index (χ1n) is 3.01. The summed E-state index contributed by atoms with van der Waals surface area (Å²) < 4.78 is 2.10. The van der Waals surface area contributed by atoms with Crippen molar-refractivity contribution >= 4 is 47.7 Å². The Morgan fingerprint density at radius 2 is 1.91 bits per heavy atom. The van der Waals surface area contributed by atoms with Crippen LogP contribution in [-0.4, -0.2) is 20.9 Å². The molecular weight excluding hydrogens is 295 g/mol. The van der Waals surface area contributed by atoms with Crippen LogP contribution >= 0.6 is 23.2 Å². The number of halogens is 2. The van der Waals surface area contributed by atoms with Crippen molar-refractivity contribution in [1.29, 1.82) is 0 Å². The first-order chi connectivity index (χ1) is 5.33. The number of benzene rings is 1. The first kappa shape index (κ1) is 9.42. The SMILES string of the molecule is Cl/C=C(/Cl)[Te]c1ccccc1. The van der Waals surface area contributed by atoms with Crippen molar-refractivity contribution in [3.8, 4) is 0 Å². The summed E-state index contributed by atoms with van der Waals surface area (Å²) in [6.07, 6.45) is 0. The molecule has 0 N–H and O–H groups in total. The zero-order valence-electron chi connectivity index (χ0n) is 5.63. The first-order valence-corrected chi connectivity index (χ1v) is 6.16. The molecule has 0 unspecified atom stereocenters. The molecule has 0 bridgehead atoms. The number of hydrogen-bond donors (Lipinski definition) is 0. The molecular formula is C8H6Cl2Te. The molecule has 0 heterocycles. The Balaban J connectivity index is 2.65. The van der Waals surface area contributed by atoms with E-state index in [1.807, 2.05) is 18.2 Å². The fourth-order valence-electron chi connectivity index (χ4n) is 0.623. The van der Waals surface area contributed by atoms with Gasteiger partial charge in [0.05, 0.1) is 0 Å². The Morgan fingerprint density at radius 3 is 2.45 bits per heavy atom. The molecule has 0 aliphatic carbocycles. The fraction of sp³-hybridized carbons (Fsp3) is 0. The van der Waals surface area contributed by atoms with Crippen LogP contribution in [0.2, 0.25) is 0 Å². The quantitative estimate of drug-likeness (QED) is 0.735. The van der Waals surface area contributed by atoms with Gasteiger partial charge in [-0.05, 0) is 0 Å². The van der Waals surface area contributed by atoms with Crippen molar-refractivity contribution in [2.75, 3.05) is 0 Å². The third-order valence-electron chi connectivity index (χ3n) is 1.04. The third-order valence-corrected chi connectivity index (χ3v) is 4.75. The fourth-order valence-corrected chi connectivity index (χ4v) is 3.13. The predicted molar refractivity (Wildman–Crippen MR) is 51.6 cm³/mol. The van der Waals surface area contributed by atoms with Gasteiger partial charge in [0.25, 0.3) is 0 Å². The molecule has 0 aliphatic heterocycles. The molecule has 1 aromatic rings. The van der Waals surface area contributed by atoms with Gasteiger partial charge in [-0.3, -0.25) is 0 Å². The van der Waals surface area contributed by atoms with Crippen LogP contribution in [0.4, 0.5) is 0 Å². The normalized spacial score (nSPS) is 11.6. The van der Waals surface area contributed by atoms with Crippen LogP contribution in [0.15, 0.2) is 38.9 Å². The van der Waals surface area contributed by atoms with Crippen LogP contribution in [0, 0.1) is 0 Å². The van der Waals surface area contributed by atoms with Gasteiger partial charge in [-0.1, -0.05) is 0 Å². The van der Waals surface area contributed by atoms with Crippen LogP contribution in [-0.2, 0) is 0 Å². The molecule has 3 heteroatoms. The zero-order valence-corrected chi connectivity index (χ0v) is 9.47. The zero-order chi connectivity index (χ0) is 8.10. The van der Waals surface area contributed by atoms with E-state index < -0.39 is 20.9 Å². The Bertz CT molecular complexity index is 244. The van der Waals surface area contributed by atoms with E-state index in [1.54, 1.807) is 0 Å². The van der Waals surface area contributed by atoms with Gasteiger partial charge < -0.3 is 0 Å². The van der Waals surface area contributed by atoms with Crippen molar-refractivity contribution in [2.24, 2.45) is 0 Å². The van der Waals surface area contributed by atoms with Crippen molar-refractivity contribution in [3.63, 3.8) is 0 Å². The maximum absolute atomic E-state index is 5.79. The molecule has 1 aromatic carbocycles. The van der Waals surface area contributed by atoms with Gasteiger partial charge in [0.1, 0.15) is 0 Å². The second-order valence-electron chi connectivity index (χ2n) is 1.83. The maximum atomic E-state index is 5.79. The molecule has 0 spiro atoms. The molecule has 1 rings (SSSR count). The molecule has 0 radical (unpaired) electrons. The van der Waals surface area contributed by atoms with E-state index in [-0.39, 0.29) is 0 Å². The standard InChI is InChI=1S/C8H6Cl2Te/c9-6-8(10)11-7-4-2-1-3-5-7/h1-6H/b8-6-. The summed E-state index contributed by atoms with van der Waals surface area (Å²) in [5, 5.41) is 0. The molecule has 0 atom stereocenters. The number of hydrogen-bond acceptors (Lipinski definition) is 0. The third kappa shape index (κ3) is 3.49. The molecule has 0 fully saturated rings. The van der Waals surface area contributed by atoms with Crippen LogP contribution in [0.1, 0.15) is 0 Å². The summed E-state index contributed by atoms with van der Waals surface area (Å²) in [6, 6.07) is 10.2. The predicted octanol–water partition coefficient (Wildman–Crippen LogP) is 2.29. The van der Waals surface area contributed by atoms with Crippen LogP contribution in [0.5, 0.6) is 0 Å². The van der Waals surface area contributed by atoms with E-state index in [0.717, 1.165) is 3.08 Å². The van der Waals surface area contributed by atoms with Crippen LogP contribution in [0.25, 0.3) is 0 Å². The molecule has 0 aliphatic rings. The summed E-state index contributed by atoms with van der Waals surface area (Å²) in [7, 11) is 0. The van der Waals surface area contributed by atoms with E-state index in [1.165, 1.54) is 9.15 Å². The van der Waals surface area contributed by atoms with Gasteiger partial charge in [-0.2, -0.15) is 0 Å². The van der Waals surface area contributed by atoms with Crippen molar-refractivity contribution in [2.45, 2.75) is 0 Å². The Kier molecular flexibility index (Phi) is 4.33. The average molecular weight is 301 g/mol. The van der Waals surface area contributed by atoms with Crippen molar-refractivity contribution in [3.05, 3.63) is 38.9 Å². The van der Waals surface area contributed by atoms with Gasteiger partial charge >= 0.3 is 86.7 Å². The van der Waals surface area contributed by atoms with E-state index in [4.69, 9.17) is 23.2 Å². The molecule has 0 aromatic heterocycles. The van der Waals surface area contributed by atoms with Crippen molar-refractivity contribution in [1.82, 2.24) is 0 Å². The van der Waals surface area contributed by atoms with E-state index in [2.05, 4.69) is 12.1 Å². The Morgan fingerprint density at radius 1 is 1.27 bits per heavy atom. The Labute approximate surface area is 86.3 Å². The molecule has 11 heavy (non-hydrogen) atoms. The molecule has 58 valence electrons. The molecule has 0 saturated carbocycles. The van der Waals surface area contributed by atoms with Crippen LogP contribution < -0.4 is 3.61 Å². The molecule has 0 saturated heterocycles. The summed E-state index contributed by atoms with van der Waals surface area (Å²) in [5.41, 5.74) is 1.46. The minimum atomic E-state index is -0.415. The monoisotopic (exact) mass is 302 g/mol. The number of rotatable bonds is 2. The van der Waals surface area contributed by atoms with Crippen LogP contribution in [0.3, 0.4) is 0 Å². The second-order valence-corrected chi connectivity index (χ2v) is 6.34. The topological polar surface area (TPSA) is 0 Å². The van der Waals surface area contributed by atoms with Gasteiger partial charge in [-0.25, -0.2) is 0 Å². The second kappa shape index (κ2) is 5.06. The summed E-state index contributed by atoms with van der Waals surface area (Å²) in [4.78, 5) is 0. The summed E-state index contributed by atoms with van der Waals surface area (Å²) >= 11 is 10.8.